The van der Waals surface area contributed by atoms with Crippen LogP contribution in [0.2, 0.25) is 0 Å². The van der Waals surface area contributed by atoms with Crippen LogP contribution in [0.1, 0.15) is 5.69 Å². The fourth-order valence-corrected chi connectivity index (χ4v) is 2.53. The number of rotatable bonds is 1. The third kappa shape index (κ3) is 1.94. The molecule has 0 atom stereocenters. The third-order valence-electron chi connectivity index (χ3n) is 2.89. The van der Waals surface area contributed by atoms with Crippen molar-refractivity contribution < 1.29 is 5.11 Å². The smallest absolute Gasteiger partial charge is 0.254 e. The van der Waals surface area contributed by atoms with Crippen LogP contribution in [0.4, 0.5) is 0 Å². The van der Waals surface area contributed by atoms with Crippen LogP contribution in [0.15, 0.2) is 39.6 Å². The van der Waals surface area contributed by atoms with Crippen molar-refractivity contribution in [2.45, 2.75) is 6.92 Å². The highest BCUT2D eigenvalue weighted by Gasteiger charge is 2.15. The monoisotopic (exact) mass is 319 g/mol. The lowest BCUT2D eigenvalue weighted by atomic mass is 10.1. The topological polar surface area (TPSA) is 70.4 Å². The average molecular weight is 320 g/mol. The molecule has 6 heteroatoms. The number of fused-ring (bicyclic) bond motifs is 1. The molecule has 1 aromatic carbocycles. The molecular formula is C13H10BrN3O2. The van der Waals surface area contributed by atoms with Crippen molar-refractivity contribution in [2.75, 3.05) is 0 Å². The van der Waals surface area contributed by atoms with E-state index in [0.717, 1.165) is 27.4 Å². The summed E-state index contributed by atoms with van der Waals surface area (Å²) in [6.07, 6.45) is 0. The van der Waals surface area contributed by atoms with Gasteiger partial charge in [-0.1, -0.05) is 28.1 Å². The summed E-state index contributed by atoms with van der Waals surface area (Å²) in [5.74, 6) is -0.178. The lowest BCUT2D eigenvalue weighted by Crippen LogP contribution is -2.07. The van der Waals surface area contributed by atoms with Gasteiger partial charge in [-0.05, 0) is 24.6 Å². The largest absolute Gasteiger partial charge is 0.493 e. The molecule has 0 amide bonds. The highest BCUT2D eigenvalue weighted by Crippen LogP contribution is 2.29. The fraction of sp³-hybridized carbons (Fsp3) is 0.0769. The lowest BCUT2D eigenvalue weighted by Gasteiger charge is -2.02. The van der Waals surface area contributed by atoms with E-state index in [4.69, 9.17) is 0 Å². The second-order valence-electron chi connectivity index (χ2n) is 4.22. The first-order valence-corrected chi connectivity index (χ1v) is 6.43. The van der Waals surface area contributed by atoms with Gasteiger partial charge < -0.3 is 10.1 Å². The van der Waals surface area contributed by atoms with Gasteiger partial charge >= 0.3 is 0 Å². The first-order chi connectivity index (χ1) is 9.06. The van der Waals surface area contributed by atoms with E-state index in [9.17, 15) is 9.90 Å². The molecule has 0 radical (unpaired) electrons. The van der Waals surface area contributed by atoms with Gasteiger partial charge in [0.2, 0.25) is 5.88 Å². The van der Waals surface area contributed by atoms with Crippen LogP contribution in [0, 0.1) is 6.92 Å². The predicted octanol–water partition coefficient (Wildman–Crippen LogP) is 2.47. The van der Waals surface area contributed by atoms with Crippen molar-refractivity contribution in [1.82, 2.24) is 14.6 Å². The Kier molecular flexibility index (Phi) is 2.67. The van der Waals surface area contributed by atoms with E-state index < -0.39 is 0 Å². The molecule has 0 unspecified atom stereocenters. The molecular weight excluding hydrogens is 310 g/mol. The number of halogens is 1. The van der Waals surface area contributed by atoms with Gasteiger partial charge in [0.05, 0.1) is 11.8 Å². The van der Waals surface area contributed by atoms with Gasteiger partial charge in [0.25, 0.3) is 5.56 Å². The molecule has 96 valence electrons. The highest BCUT2D eigenvalue weighted by molar-refractivity contribution is 9.10. The highest BCUT2D eigenvalue weighted by atomic mass is 79.9. The van der Waals surface area contributed by atoms with E-state index in [2.05, 4.69) is 26.0 Å². The van der Waals surface area contributed by atoms with Crippen LogP contribution in [0.25, 0.3) is 16.8 Å². The van der Waals surface area contributed by atoms with E-state index in [1.807, 2.05) is 31.2 Å². The van der Waals surface area contributed by atoms with E-state index in [0.29, 0.717) is 5.65 Å². The number of nitrogens with one attached hydrogen (secondary N) is 1. The molecule has 2 aromatic heterocycles. The Hall–Kier alpha value is -2.08. The Morgan fingerprint density at radius 1 is 1.37 bits per heavy atom. The maximum absolute atomic E-state index is 11.5. The van der Waals surface area contributed by atoms with E-state index in [-0.39, 0.29) is 11.4 Å². The minimum atomic E-state index is -0.360. The molecule has 2 N–H and O–H groups in total. The molecule has 0 bridgehead atoms. The van der Waals surface area contributed by atoms with Crippen LogP contribution >= 0.6 is 15.9 Å². The summed E-state index contributed by atoms with van der Waals surface area (Å²) in [7, 11) is 0. The summed E-state index contributed by atoms with van der Waals surface area (Å²) < 4.78 is 2.26. The summed E-state index contributed by atoms with van der Waals surface area (Å²) in [5, 5.41) is 14.0. The van der Waals surface area contributed by atoms with Gasteiger partial charge in [-0.2, -0.15) is 9.61 Å². The normalized spacial score (nSPS) is 11.1. The number of aromatic hydroxyl groups is 1. The lowest BCUT2D eigenvalue weighted by molar-refractivity contribution is 0.434. The van der Waals surface area contributed by atoms with Crippen molar-refractivity contribution in [3.63, 3.8) is 0 Å². The second kappa shape index (κ2) is 4.24. The Labute approximate surface area is 116 Å². The SMILES string of the molecule is Cc1nn2c(O)cc(=O)[nH]c2c1-c1cccc(Br)c1. The van der Waals surface area contributed by atoms with E-state index in [1.165, 1.54) is 4.52 Å². The van der Waals surface area contributed by atoms with Gasteiger partial charge in [0.1, 0.15) is 5.65 Å². The molecule has 0 aliphatic carbocycles. The van der Waals surface area contributed by atoms with Crippen LogP contribution in [-0.4, -0.2) is 19.7 Å². The zero-order valence-corrected chi connectivity index (χ0v) is 11.6. The minimum absolute atomic E-state index is 0.178. The molecule has 0 saturated carbocycles. The van der Waals surface area contributed by atoms with Gasteiger partial charge in [0.15, 0.2) is 0 Å². The standard InChI is InChI=1S/C13H10BrN3O2/c1-7-12(8-3-2-4-9(14)5-8)13-15-10(18)6-11(19)17(13)16-7/h2-6,19H,1H3,(H,15,18). The Morgan fingerprint density at radius 2 is 2.16 bits per heavy atom. The summed E-state index contributed by atoms with van der Waals surface area (Å²) in [5.41, 5.74) is 2.58. The molecule has 3 rings (SSSR count). The van der Waals surface area contributed by atoms with Crippen molar-refractivity contribution in [3.05, 3.63) is 50.9 Å². The number of nitrogens with zero attached hydrogens (tertiary/aromatic N) is 2. The molecule has 0 spiro atoms. The van der Waals surface area contributed by atoms with Crippen LogP contribution in [0.3, 0.4) is 0 Å². The quantitative estimate of drug-likeness (QED) is 0.723. The fourth-order valence-electron chi connectivity index (χ4n) is 2.13. The molecule has 0 aliphatic heterocycles. The first-order valence-electron chi connectivity index (χ1n) is 5.64. The number of H-pyrrole nitrogens is 1. The molecule has 3 aromatic rings. The number of aryl methyl sites for hydroxylation is 1. The Bertz CT molecular complexity index is 836. The molecule has 0 aliphatic rings. The molecule has 2 heterocycles. The first kappa shape index (κ1) is 12.0. The average Bonchev–Trinajstić information content (AvgIpc) is 2.66. The predicted molar refractivity (Wildman–Crippen MR) is 75.4 cm³/mol. The summed E-state index contributed by atoms with van der Waals surface area (Å²) in [6, 6.07) is 8.79. The van der Waals surface area contributed by atoms with Crippen LogP contribution < -0.4 is 5.56 Å². The summed E-state index contributed by atoms with van der Waals surface area (Å²) in [6.45, 7) is 1.83. The zero-order valence-electron chi connectivity index (χ0n) is 10.0. The Morgan fingerprint density at radius 3 is 2.89 bits per heavy atom. The van der Waals surface area contributed by atoms with Gasteiger partial charge in [-0.3, -0.25) is 4.79 Å². The number of benzene rings is 1. The number of aromatic amines is 1. The minimum Gasteiger partial charge on any atom is -0.493 e. The second-order valence-corrected chi connectivity index (χ2v) is 5.14. The van der Waals surface area contributed by atoms with Crippen molar-refractivity contribution >= 4 is 21.6 Å². The van der Waals surface area contributed by atoms with Crippen LogP contribution in [0.5, 0.6) is 5.88 Å². The Balaban J connectivity index is 2.41. The van der Waals surface area contributed by atoms with Gasteiger partial charge in [0, 0.05) is 10.0 Å². The molecule has 5 nitrogen and oxygen atoms in total. The summed E-state index contributed by atoms with van der Waals surface area (Å²) >= 11 is 3.42. The number of hydrogen-bond donors (Lipinski definition) is 2. The van der Waals surface area contributed by atoms with E-state index in [1.54, 1.807) is 0 Å². The van der Waals surface area contributed by atoms with Crippen molar-refractivity contribution in [1.29, 1.82) is 0 Å². The zero-order chi connectivity index (χ0) is 13.6. The molecule has 0 fully saturated rings. The van der Waals surface area contributed by atoms with Gasteiger partial charge in [-0.25, -0.2) is 0 Å². The maximum atomic E-state index is 11.5. The molecule has 0 saturated heterocycles. The third-order valence-corrected chi connectivity index (χ3v) is 3.39. The van der Waals surface area contributed by atoms with E-state index >= 15 is 0 Å². The van der Waals surface area contributed by atoms with Gasteiger partial charge in [-0.15, -0.1) is 0 Å². The summed E-state index contributed by atoms with van der Waals surface area (Å²) in [4.78, 5) is 14.2. The molecule has 19 heavy (non-hydrogen) atoms. The maximum Gasteiger partial charge on any atom is 0.254 e. The van der Waals surface area contributed by atoms with Crippen molar-refractivity contribution in [2.24, 2.45) is 0 Å². The van der Waals surface area contributed by atoms with Crippen LogP contribution in [-0.2, 0) is 0 Å². The number of hydrogen-bond acceptors (Lipinski definition) is 3. The van der Waals surface area contributed by atoms with Crippen molar-refractivity contribution in [3.8, 4) is 17.0 Å². The number of aromatic nitrogens is 3.